The molecule has 138 valence electrons. The molecule has 0 radical (unpaired) electrons. The van der Waals surface area contributed by atoms with Crippen LogP contribution in [0.4, 0.5) is 11.4 Å². The van der Waals surface area contributed by atoms with Gasteiger partial charge in [0, 0.05) is 29.5 Å². The summed E-state index contributed by atoms with van der Waals surface area (Å²) < 4.78 is 0.897. The molecule has 27 heavy (non-hydrogen) atoms. The summed E-state index contributed by atoms with van der Waals surface area (Å²) in [6, 6.07) is 14.2. The number of amides is 3. The molecule has 2 aliphatic heterocycles. The smallest absolute Gasteiger partial charge is 0.271 e. The lowest BCUT2D eigenvalue weighted by Gasteiger charge is -2.48. The predicted octanol–water partition coefficient (Wildman–Crippen LogP) is 3.39. The van der Waals surface area contributed by atoms with Gasteiger partial charge in [0.05, 0.1) is 11.3 Å². The minimum Gasteiger partial charge on any atom is -0.322 e. The zero-order chi connectivity index (χ0) is 19.2. The van der Waals surface area contributed by atoms with Gasteiger partial charge in [-0.15, -0.1) is 0 Å². The number of rotatable bonds is 3. The average molecular weight is 428 g/mol. The topological polar surface area (TPSA) is 69.7 Å². The highest BCUT2D eigenvalue weighted by molar-refractivity contribution is 9.10. The molecule has 2 aromatic carbocycles. The maximum absolute atomic E-state index is 13.4. The molecule has 1 N–H and O–H groups in total. The summed E-state index contributed by atoms with van der Waals surface area (Å²) >= 11 is 3.37. The molecule has 0 bridgehead atoms. The molecular weight excluding hydrogens is 410 g/mol. The monoisotopic (exact) mass is 427 g/mol. The van der Waals surface area contributed by atoms with E-state index in [0.717, 1.165) is 4.47 Å². The first kappa shape index (κ1) is 17.7. The minimum atomic E-state index is -1.34. The van der Waals surface area contributed by atoms with Crippen molar-refractivity contribution >= 4 is 45.0 Å². The quantitative estimate of drug-likeness (QED) is 0.815. The highest BCUT2D eigenvalue weighted by Crippen LogP contribution is 2.44. The lowest BCUT2D eigenvalue weighted by Crippen LogP contribution is -2.69. The van der Waals surface area contributed by atoms with Gasteiger partial charge in [-0.25, -0.2) is 0 Å². The third kappa shape index (κ3) is 2.56. The summed E-state index contributed by atoms with van der Waals surface area (Å²) in [5, 5.41) is 2.89. The predicted molar refractivity (Wildman–Crippen MR) is 105 cm³/mol. The van der Waals surface area contributed by atoms with E-state index in [4.69, 9.17) is 0 Å². The van der Waals surface area contributed by atoms with Crippen LogP contribution in [0.2, 0.25) is 0 Å². The Morgan fingerprint density at radius 3 is 2.56 bits per heavy atom. The first-order chi connectivity index (χ1) is 13.0. The molecule has 2 aliphatic rings. The van der Waals surface area contributed by atoms with Crippen LogP contribution in [-0.4, -0.2) is 34.8 Å². The summed E-state index contributed by atoms with van der Waals surface area (Å²) in [5.41, 5.74) is 0.214. The number of carbonyl (C=O) groups excluding carboxylic acids is 3. The number of anilines is 2. The van der Waals surface area contributed by atoms with Gasteiger partial charge in [0.15, 0.2) is 0 Å². The molecule has 4 rings (SSSR count). The molecule has 0 unspecified atom stereocenters. The zero-order valence-electron chi connectivity index (χ0n) is 14.7. The van der Waals surface area contributed by atoms with Gasteiger partial charge in [-0.05, 0) is 43.3 Å². The highest BCUT2D eigenvalue weighted by Gasteiger charge is 2.60. The molecular formula is C20H18BrN3O3. The van der Waals surface area contributed by atoms with E-state index in [1.54, 1.807) is 36.4 Å². The van der Waals surface area contributed by atoms with Crippen LogP contribution in [0.15, 0.2) is 53.0 Å². The second-order valence-electron chi connectivity index (χ2n) is 6.57. The maximum Gasteiger partial charge on any atom is 0.271 e. The van der Waals surface area contributed by atoms with Crippen molar-refractivity contribution in [2.45, 2.75) is 25.4 Å². The van der Waals surface area contributed by atoms with Gasteiger partial charge in [0.2, 0.25) is 11.6 Å². The van der Waals surface area contributed by atoms with Crippen LogP contribution in [0.1, 0.15) is 30.1 Å². The number of nitrogens with one attached hydrogen (secondary N) is 1. The Kier molecular flexibility index (Phi) is 4.26. The number of benzene rings is 2. The first-order valence-electron chi connectivity index (χ1n) is 8.80. The lowest BCUT2D eigenvalue weighted by molar-refractivity contribution is -0.128. The van der Waals surface area contributed by atoms with Crippen molar-refractivity contribution in [3.8, 4) is 0 Å². The van der Waals surface area contributed by atoms with Crippen molar-refractivity contribution in [3.63, 3.8) is 0 Å². The van der Waals surface area contributed by atoms with Gasteiger partial charge in [0.25, 0.3) is 11.8 Å². The van der Waals surface area contributed by atoms with E-state index in [0.29, 0.717) is 23.5 Å². The molecule has 0 spiro atoms. The maximum atomic E-state index is 13.4. The normalized spacial score (nSPS) is 21.1. The molecule has 2 heterocycles. The summed E-state index contributed by atoms with van der Waals surface area (Å²) in [6.07, 6.45) is 0.480. The molecule has 0 saturated carbocycles. The van der Waals surface area contributed by atoms with Crippen LogP contribution < -0.4 is 10.2 Å². The molecule has 0 aliphatic carbocycles. The molecule has 1 saturated heterocycles. The van der Waals surface area contributed by atoms with E-state index in [2.05, 4.69) is 21.2 Å². The van der Waals surface area contributed by atoms with E-state index in [1.165, 1.54) is 9.80 Å². The van der Waals surface area contributed by atoms with Gasteiger partial charge in [-0.3, -0.25) is 19.3 Å². The Bertz CT molecular complexity index is 944. The number of carbonyl (C=O) groups is 3. The average Bonchev–Trinajstić information content (AvgIpc) is 3.02. The zero-order valence-corrected chi connectivity index (χ0v) is 16.3. The van der Waals surface area contributed by atoms with Crippen LogP contribution in [0, 0.1) is 0 Å². The standard InChI is InChI=1S/C20H18BrN3O3/c1-2-23-18(26)15-5-3-4-6-16(15)24-17(25)11-12-20(23,24)19(27)22-14-9-7-13(21)8-10-14/h3-10H,2,11-12H2,1H3,(H,22,27)/t20-/m0/s1. The molecule has 6 nitrogen and oxygen atoms in total. The van der Waals surface area contributed by atoms with E-state index < -0.39 is 5.66 Å². The van der Waals surface area contributed by atoms with Crippen molar-refractivity contribution in [2.24, 2.45) is 0 Å². The largest absolute Gasteiger partial charge is 0.322 e. The van der Waals surface area contributed by atoms with E-state index in [-0.39, 0.29) is 30.6 Å². The van der Waals surface area contributed by atoms with Crippen LogP contribution in [0.5, 0.6) is 0 Å². The number of fused-ring (bicyclic) bond motifs is 3. The van der Waals surface area contributed by atoms with E-state index in [9.17, 15) is 14.4 Å². The molecule has 0 aromatic heterocycles. The Balaban J connectivity index is 1.82. The highest BCUT2D eigenvalue weighted by atomic mass is 79.9. The van der Waals surface area contributed by atoms with Crippen molar-refractivity contribution in [2.75, 3.05) is 16.8 Å². The lowest BCUT2D eigenvalue weighted by atomic mass is 9.95. The molecule has 3 amide bonds. The summed E-state index contributed by atoms with van der Waals surface area (Å²) in [6.45, 7) is 2.15. The van der Waals surface area contributed by atoms with Crippen molar-refractivity contribution < 1.29 is 14.4 Å². The number of likely N-dealkylation sites (N-methyl/N-ethyl adjacent to an activating group) is 1. The second-order valence-corrected chi connectivity index (χ2v) is 7.49. The Morgan fingerprint density at radius 1 is 1.15 bits per heavy atom. The fraction of sp³-hybridized carbons (Fsp3) is 0.250. The van der Waals surface area contributed by atoms with Gasteiger partial charge < -0.3 is 10.2 Å². The molecule has 1 fully saturated rings. The summed E-state index contributed by atoms with van der Waals surface area (Å²) in [7, 11) is 0. The SMILES string of the molecule is CCN1C(=O)c2ccccc2N2C(=O)CC[C@]12C(=O)Nc1ccc(Br)cc1. The van der Waals surface area contributed by atoms with Crippen LogP contribution in [0.3, 0.4) is 0 Å². The number of hydrogen-bond donors (Lipinski definition) is 1. The van der Waals surface area contributed by atoms with E-state index in [1.807, 2.05) is 19.1 Å². The van der Waals surface area contributed by atoms with Gasteiger partial charge in [-0.1, -0.05) is 28.1 Å². The third-order valence-corrected chi connectivity index (χ3v) is 5.68. The second kappa shape index (κ2) is 6.49. The number of para-hydroxylation sites is 1. The minimum absolute atomic E-state index is 0.153. The Labute approximate surface area is 165 Å². The molecule has 7 heteroatoms. The Hall–Kier alpha value is -2.67. The fourth-order valence-corrected chi connectivity index (χ4v) is 4.23. The Morgan fingerprint density at radius 2 is 1.85 bits per heavy atom. The van der Waals surface area contributed by atoms with Gasteiger partial charge >= 0.3 is 0 Å². The van der Waals surface area contributed by atoms with Crippen molar-refractivity contribution in [1.29, 1.82) is 0 Å². The summed E-state index contributed by atoms with van der Waals surface area (Å²) in [5.74, 6) is -0.760. The van der Waals surface area contributed by atoms with Gasteiger partial charge in [-0.2, -0.15) is 0 Å². The van der Waals surface area contributed by atoms with Crippen LogP contribution in [0.25, 0.3) is 0 Å². The van der Waals surface area contributed by atoms with Crippen LogP contribution >= 0.6 is 15.9 Å². The first-order valence-corrected chi connectivity index (χ1v) is 9.59. The summed E-state index contributed by atoms with van der Waals surface area (Å²) in [4.78, 5) is 42.3. The molecule has 1 atom stereocenters. The fourth-order valence-electron chi connectivity index (χ4n) is 3.97. The third-order valence-electron chi connectivity index (χ3n) is 5.16. The van der Waals surface area contributed by atoms with Crippen molar-refractivity contribution in [3.05, 3.63) is 58.6 Å². The number of hydrogen-bond acceptors (Lipinski definition) is 3. The van der Waals surface area contributed by atoms with Gasteiger partial charge in [0.1, 0.15) is 0 Å². The van der Waals surface area contributed by atoms with Crippen molar-refractivity contribution in [1.82, 2.24) is 4.90 Å². The number of halogens is 1. The van der Waals surface area contributed by atoms with E-state index >= 15 is 0 Å². The molecule has 2 aromatic rings. The van der Waals surface area contributed by atoms with Crippen LogP contribution in [-0.2, 0) is 9.59 Å². The number of nitrogens with zero attached hydrogens (tertiary/aromatic N) is 2.